The lowest BCUT2D eigenvalue weighted by Gasteiger charge is -2.34. The predicted molar refractivity (Wildman–Crippen MR) is 90.1 cm³/mol. The maximum absolute atomic E-state index is 12.3. The Morgan fingerprint density at radius 1 is 0.958 bits per heavy atom. The quantitative estimate of drug-likeness (QED) is 0.678. The van der Waals surface area contributed by atoms with Crippen molar-refractivity contribution in [3.8, 4) is 0 Å². The number of anilines is 1. The highest BCUT2D eigenvalue weighted by Gasteiger charge is 2.18. The summed E-state index contributed by atoms with van der Waals surface area (Å²) in [6.07, 6.45) is 5.29. The molecule has 0 aliphatic carbocycles. The minimum absolute atomic E-state index is 0.0816. The summed E-state index contributed by atoms with van der Waals surface area (Å²) in [7, 11) is 0. The summed E-state index contributed by atoms with van der Waals surface area (Å²) in [5.74, 6) is 0.786. The van der Waals surface area contributed by atoms with Gasteiger partial charge in [-0.3, -0.25) is 9.30 Å². The van der Waals surface area contributed by atoms with Gasteiger partial charge in [-0.25, -0.2) is 19.4 Å². The maximum atomic E-state index is 12.3. The average Bonchev–Trinajstić information content (AvgIpc) is 2.97. The minimum atomic E-state index is -0.0816. The Bertz CT molecular complexity index is 865. The molecular weight excluding hydrogens is 306 g/mol. The summed E-state index contributed by atoms with van der Waals surface area (Å²) in [5, 5.41) is 4.37. The van der Waals surface area contributed by atoms with Crippen LogP contribution in [0.1, 0.15) is 0 Å². The van der Waals surface area contributed by atoms with Crippen LogP contribution in [0.5, 0.6) is 0 Å². The van der Waals surface area contributed by atoms with Crippen LogP contribution < -0.4 is 10.6 Å². The normalized spacial score (nSPS) is 15.9. The zero-order chi connectivity index (χ0) is 16.4. The average molecular weight is 325 g/mol. The molecule has 0 amide bonds. The fraction of sp³-hybridized carbons (Fsp3) is 0.375. The third-order valence-corrected chi connectivity index (χ3v) is 4.32. The second-order valence-electron chi connectivity index (χ2n) is 5.81. The zero-order valence-corrected chi connectivity index (χ0v) is 13.3. The molecule has 3 aromatic heterocycles. The molecule has 0 saturated carbocycles. The van der Waals surface area contributed by atoms with Crippen LogP contribution in [0.25, 0.3) is 5.65 Å². The number of pyridine rings is 1. The molecule has 124 valence electrons. The number of aromatic nitrogens is 5. The van der Waals surface area contributed by atoms with Crippen molar-refractivity contribution < 1.29 is 0 Å². The van der Waals surface area contributed by atoms with Crippen molar-refractivity contribution in [3.63, 3.8) is 0 Å². The van der Waals surface area contributed by atoms with Gasteiger partial charge in [0.05, 0.1) is 6.54 Å². The first-order valence-electron chi connectivity index (χ1n) is 8.10. The van der Waals surface area contributed by atoms with Gasteiger partial charge in [-0.05, 0) is 18.2 Å². The maximum Gasteiger partial charge on any atom is 0.350 e. The van der Waals surface area contributed by atoms with Gasteiger partial charge >= 0.3 is 5.69 Å². The van der Waals surface area contributed by atoms with Crippen LogP contribution in [0.3, 0.4) is 0 Å². The lowest BCUT2D eigenvalue weighted by atomic mass is 10.3. The fourth-order valence-corrected chi connectivity index (χ4v) is 2.98. The van der Waals surface area contributed by atoms with E-state index in [9.17, 15) is 4.79 Å². The first kappa shape index (κ1) is 14.8. The molecule has 8 heteroatoms. The Morgan fingerprint density at radius 3 is 2.50 bits per heavy atom. The van der Waals surface area contributed by atoms with Gasteiger partial charge in [-0.1, -0.05) is 6.07 Å². The molecule has 3 aromatic rings. The Kier molecular flexibility index (Phi) is 3.96. The predicted octanol–water partition coefficient (Wildman–Crippen LogP) is 0.108. The summed E-state index contributed by atoms with van der Waals surface area (Å²) < 4.78 is 3.12. The van der Waals surface area contributed by atoms with E-state index in [2.05, 4.69) is 24.9 Å². The number of rotatable bonds is 4. The Balaban J connectivity index is 1.36. The van der Waals surface area contributed by atoms with Gasteiger partial charge < -0.3 is 4.90 Å². The molecule has 0 aromatic carbocycles. The Hall–Kier alpha value is -2.74. The molecular formula is C16H19N7O. The van der Waals surface area contributed by atoms with Crippen molar-refractivity contribution in [2.45, 2.75) is 6.54 Å². The van der Waals surface area contributed by atoms with Crippen LogP contribution in [-0.4, -0.2) is 61.8 Å². The molecule has 8 nitrogen and oxygen atoms in total. The van der Waals surface area contributed by atoms with Gasteiger partial charge in [-0.15, -0.1) is 5.10 Å². The van der Waals surface area contributed by atoms with E-state index in [1.807, 2.05) is 24.3 Å². The fourth-order valence-electron chi connectivity index (χ4n) is 2.98. The van der Waals surface area contributed by atoms with Crippen molar-refractivity contribution in [2.75, 3.05) is 37.6 Å². The second kappa shape index (κ2) is 6.40. The Morgan fingerprint density at radius 2 is 1.75 bits per heavy atom. The highest BCUT2D eigenvalue weighted by atomic mass is 16.2. The molecule has 0 atom stereocenters. The first-order valence-corrected chi connectivity index (χ1v) is 8.10. The zero-order valence-electron chi connectivity index (χ0n) is 13.3. The van der Waals surface area contributed by atoms with E-state index in [4.69, 9.17) is 0 Å². The highest BCUT2D eigenvalue weighted by molar-refractivity contribution is 5.35. The van der Waals surface area contributed by atoms with Gasteiger partial charge in [-0.2, -0.15) is 0 Å². The second-order valence-corrected chi connectivity index (χ2v) is 5.81. The molecule has 4 heterocycles. The van der Waals surface area contributed by atoms with Gasteiger partial charge in [0.1, 0.15) is 0 Å². The number of fused-ring (bicyclic) bond motifs is 1. The van der Waals surface area contributed by atoms with E-state index in [1.165, 1.54) is 0 Å². The highest BCUT2D eigenvalue weighted by Crippen LogP contribution is 2.09. The van der Waals surface area contributed by atoms with Crippen LogP contribution in [0.4, 0.5) is 5.95 Å². The summed E-state index contributed by atoms with van der Waals surface area (Å²) >= 11 is 0. The van der Waals surface area contributed by atoms with E-state index in [0.29, 0.717) is 12.2 Å². The molecule has 1 aliphatic rings. The molecule has 0 unspecified atom stereocenters. The lowest BCUT2D eigenvalue weighted by Crippen LogP contribution is -2.48. The Labute approximate surface area is 139 Å². The van der Waals surface area contributed by atoms with Gasteiger partial charge in [0, 0.05) is 51.3 Å². The topological polar surface area (TPSA) is 71.6 Å². The van der Waals surface area contributed by atoms with Crippen LogP contribution in [0.2, 0.25) is 0 Å². The molecule has 4 rings (SSSR count). The summed E-state index contributed by atoms with van der Waals surface area (Å²) in [6, 6.07) is 7.39. The summed E-state index contributed by atoms with van der Waals surface area (Å²) in [4.78, 5) is 25.4. The molecule has 1 saturated heterocycles. The van der Waals surface area contributed by atoms with E-state index in [1.54, 1.807) is 27.7 Å². The standard InChI is InChI=1S/C16H19N7O/c24-16-22-7-2-1-4-14(22)19-23(16)13-10-20-8-11-21(12-9-20)15-17-5-3-6-18-15/h1-7H,8-13H2. The van der Waals surface area contributed by atoms with Crippen molar-refractivity contribution >= 4 is 11.6 Å². The largest absolute Gasteiger partial charge is 0.350 e. The molecule has 0 radical (unpaired) electrons. The molecule has 24 heavy (non-hydrogen) atoms. The van der Waals surface area contributed by atoms with E-state index in [0.717, 1.165) is 38.7 Å². The minimum Gasteiger partial charge on any atom is -0.338 e. The summed E-state index contributed by atoms with van der Waals surface area (Å²) in [5.41, 5.74) is 0.607. The van der Waals surface area contributed by atoms with Crippen LogP contribution in [0, 0.1) is 0 Å². The van der Waals surface area contributed by atoms with Crippen molar-refractivity contribution in [3.05, 3.63) is 53.3 Å². The number of nitrogens with zero attached hydrogens (tertiary/aromatic N) is 7. The lowest BCUT2D eigenvalue weighted by molar-refractivity contribution is 0.242. The van der Waals surface area contributed by atoms with Crippen LogP contribution >= 0.6 is 0 Å². The summed E-state index contributed by atoms with van der Waals surface area (Å²) in [6.45, 7) is 5.06. The molecule has 1 fully saturated rings. The van der Waals surface area contributed by atoms with Gasteiger partial charge in [0.15, 0.2) is 5.65 Å². The smallest absolute Gasteiger partial charge is 0.338 e. The van der Waals surface area contributed by atoms with Crippen molar-refractivity contribution in [2.24, 2.45) is 0 Å². The molecule has 0 bridgehead atoms. The van der Waals surface area contributed by atoms with Gasteiger partial charge in [0.25, 0.3) is 0 Å². The van der Waals surface area contributed by atoms with E-state index < -0.39 is 0 Å². The van der Waals surface area contributed by atoms with E-state index >= 15 is 0 Å². The van der Waals surface area contributed by atoms with Crippen LogP contribution in [0.15, 0.2) is 47.7 Å². The number of hydrogen-bond donors (Lipinski definition) is 0. The molecule has 0 spiro atoms. The van der Waals surface area contributed by atoms with Gasteiger partial charge in [0.2, 0.25) is 5.95 Å². The first-order chi connectivity index (χ1) is 11.8. The monoisotopic (exact) mass is 325 g/mol. The number of piperazine rings is 1. The third-order valence-electron chi connectivity index (χ3n) is 4.32. The van der Waals surface area contributed by atoms with E-state index in [-0.39, 0.29) is 5.69 Å². The SMILES string of the molecule is O=c1n(CCN2CCN(c3ncccn3)CC2)nc2ccccn12. The number of hydrogen-bond acceptors (Lipinski definition) is 6. The third kappa shape index (κ3) is 2.88. The van der Waals surface area contributed by atoms with Crippen molar-refractivity contribution in [1.82, 2.24) is 29.0 Å². The van der Waals surface area contributed by atoms with Crippen molar-refractivity contribution in [1.29, 1.82) is 0 Å². The molecule has 0 N–H and O–H groups in total. The molecule has 1 aliphatic heterocycles. The van der Waals surface area contributed by atoms with Crippen LogP contribution in [-0.2, 0) is 6.54 Å².